The molecule has 0 saturated carbocycles. The van der Waals surface area contributed by atoms with Gasteiger partial charge in [0.2, 0.25) is 0 Å². The Morgan fingerprint density at radius 1 is 1.42 bits per heavy atom. The first-order chi connectivity index (χ1) is 9.15. The van der Waals surface area contributed by atoms with Crippen molar-refractivity contribution in [2.45, 2.75) is 18.9 Å². The number of non-ortho nitro benzene ring substituents is 1. The second-order valence-corrected chi connectivity index (χ2v) is 4.27. The fourth-order valence-electron chi connectivity index (χ4n) is 1.85. The fourth-order valence-corrected chi connectivity index (χ4v) is 1.85. The smallest absolute Gasteiger partial charge is 0.319 e. The molecule has 1 aromatic carbocycles. The molecule has 1 aliphatic rings. The Morgan fingerprint density at radius 2 is 2.16 bits per heavy atom. The van der Waals surface area contributed by atoms with Gasteiger partial charge in [0.05, 0.1) is 11.0 Å². The van der Waals surface area contributed by atoms with Gasteiger partial charge in [-0.3, -0.25) is 10.1 Å². The van der Waals surface area contributed by atoms with Crippen molar-refractivity contribution < 1.29 is 14.5 Å². The van der Waals surface area contributed by atoms with E-state index in [9.17, 15) is 14.9 Å². The van der Waals surface area contributed by atoms with Gasteiger partial charge in [0.15, 0.2) is 0 Å². The van der Waals surface area contributed by atoms with E-state index < -0.39 is 4.92 Å². The molecular weight excluding hydrogens is 250 g/mol. The van der Waals surface area contributed by atoms with Gasteiger partial charge in [-0.1, -0.05) is 0 Å². The summed E-state index contributed by atoms with van der Waals surface area (Å²) in [4.78, 5) is 21.6. The van der Waals surface area contributed by atoms with Crippen LogP contribution in [-0.4, -0.2) is 30.2 Å². The summed E-state index contributed by atoms with van der Waals surface area (Å²) in [6, 6.07) is 5.32. The molecule has 7 nitrogen and oxygen atoms in total. The molecule has 1 aromatic rings. The van der Waals surface area contributed by atoms with Crippen molar-refractivity contribution in [2.24, 2.45) is 0 Å². The Labute approximate surface area is 110 Å². The van der Waals surface area contributed by atoms with E-state index in [1.165, 1.54) is 24.3 Å². The summed E-state index contributed by atoms with van der Waals surface area (Å²) in [6.45, 7) is 1.22. The zero-order valence-electron chi connectivity index (χ0n) is 10.3. The van der Waals surface area contributed by atoms with E-state index >= 15 is 0 Å². The number of rotatable bonds is 4. The van der Waals surface area contributed by atoms with E-state index in [-0.39, 0.29) is 17.8 Å². The summed E-state index contributed by atoms with van der Waals surface area (Å²) in [5.41, 5.74) is 0.501. The first kappa shape index (κ1) is 13.3. The zero-order valence-corrected chi connectivity index (χ0v) is 10.3. The molecule has 102 valence electrons. The first-order valence-electron chi connectivity index (χ1n) is 6.06. The molecule has 0 radical (unpaired) electrons. The van der Waals surface area contributed by atoms with Gasteiger partial charge in [-0.2, -0.15) is 0 Å². The van der Waals surface area contributed by atoms with E-state index in [0.717, 1.165) is 19.4 Å². The molecule has 1 saturated heterocycles. The Kier molecular flexibility index (Phi) is 4.30. The molecule has 2 N–H and O–H groups in total. The van der Waals surface area contributed by atoms with Crippen LogP contribution in [0, 0.1) is 10.1 Å². The molecule has 2 amide bonds. The Hall–Kier alpha value is -2.15. The van der Waals surface area contributed by atoms with Crippen LogP contribution in [-0.2, 0) is 4.74 Å². The van der Waals surface area contributed by atoms with Crippen LogP contribution in [0.15, 0.2) is 24.3 Å². The van der Waals surface area contributed by atoms with Gasteiger partial charge >= 0.3 is 6.03 Å². The minimum atomic E-state index is -0.485. The number of hydrogen-bond donors (Lipinski definition) is 2. The van der Waals surface area contributed by atoms with Gasteiger partial charge in [-0.05, 0) is 25.0 Å². The Balaban J connectivity index is 1.79. The van der Waals surface area contributed by atoms with Crippen molar-refractivity contribution in [3.8, 4) is 0 Å². The lowest BCUT2D eigenvalue weighted by Gasteiger charge is -2.11. The third-order valence-corrected chi connectivity index (χ3v) is 2.85. The van der Waals surface area contributed by atoms with Crippen LogP contribution >= 0.6 is 0 Å². The fraction of sp³-hybridized carbons (Fsp3) is 0.417. The van der Waals surface area contributed by atoms with Gasteiger partial charge in [0, 0.05) is 31.0 Å². The summed E-state index contributed by atoms with van der Waals surface area (Å²) < 4.78 is 5.38. The number of carbonyl (C=O) groups is 1. The number of carbonyl (C=O) groups excluding carboxylic acids is 1. The highest BCUT2D eigenvalue weighted by atomic mass is 16.6. The standard InChI is InChI=1S/C12H15N3O4/c16-12(13-8-11-2-1-7-19-11)14-9-3-5-10(6-4-9)15(17)18/h3-6,11H,1-2,7-8H2,(H2,13,14,16)/t11-/m0/s1. The number of nitro benzene ring substituents is 1. The van der Waals surface area contributed by atoms with E-state index in [0.29, 0.717) is 12.2 Å². The molecule has 1 atom stereocenters. The normalized spacial score (nSPS) is 18.0. The van der Waals surface area contributed by atoms with Crippen LogP contribution in [0.4, 0.5) is 16.2 Å². The largest absolute Gasteiger partial charge is 0.376 e. The lowest BCUT2D eigenvalue weighted by Crippen LogP contribution is -2.34. The second-order valence-electron chi connectivity index (χ2n) is 4.27. The highest BCUT2D eigenvalue weighted by Crippen LogP contribution is 2.15. The van der Waals surface area contributed by atoms with Crippen molar-refractivity contribution in [2.75, 3.05) is 18.5 Å². The molecule has 0 spiro atoms. The van der Waals surface area contributed by atoms with E-state index in [1.54, 1.807) is 0 Å². The number of hydrogen-bond acceptors (Lipinski definition) is 4. The minimum absolute atomic E-state index is 0.00897. The molecule has 7 heteroatoms. The highest BCUT2D eigenvalue weighted by molar-refractivity contribution is 5.89. The van der Waals surface area contributed by atoms with Crippen molar-refractivity contribution >= 4 is 17.4 Å². The van der Waals surface area contributed by atoms with Gasteiger partial charge in [0.1, 0.15) is 0 Å². The highest BCUT2D eigenvalue weighted by Gasteiger charge is 2.16. The van der Waals surface area contributed by atoms with Crippen LogP contribution in [0.1, 0.15) is 12.8 Å². The Morgan fingerprint density at radius 3 is 2.74 bits per heavy atom. The molecule has 0 bridgehead atoms. The molecular formula is C12H15N3O4. The van der Waals surface area contributed by atoms with E-state index in [1.807, 2.05) is 0 Å². The number of nitrogens with zero attached hydrogens (tertiary/aromatic N) is 1. The number of benzene rings is 1. The molecule has 19 heavy (non-hydrogen) atoms. The third-order valence-electron chi connectivity index (χ3n) is 2.85. The van der Waals surface area contributed by atoms with Crippen molar-refractivity contribution in [1.29, 1.82) is 0 Å². The topological polar surface area (TPSA) is 93.5 Å². The SMILES string of the molecule is O=C(NC[C@@H]1CCCO1)Nc1ccc([N+](=O)[O-])cc1. The third kappa shape index (κ3) is 3.92. The summed E-state index contributed by atoms with van der Waals surface area (Å²) >= 11 is 0. The number of anilines is 1. The maximum Gasteiger partial charge on any atom is 0.319 e. The summed E-state index contributed by atoms with van der Waals surface area (Å²) in [5.74, 6) is 0. The monoisotopic (exact) mass is 265 g/mol. The van der Waals surface area contributed by atoms with Crippen molar-refractivity contribution in [1.82, 2.24) is 5.32 Å². The average molecular weight is 265 g/mol. The molecule has 0 aliphatic carbocycles. The lowest BCUT2D eigenvalue weighted by atomic mass is 10.2. The number of nitro groups is 1. The molecule has 0 aromatic heterocycles. The summed E-state index contributed by atoms with van der Waals surface area (Å²) in [5, 5.41) is 15.8. The predicted molar refractivity (Wildman–Crippen MR) is 69.1 cm³/mol. The summed E-state index contributed by atoms with van der Waals surface area (Å²) in [7, 11) is 0. The van der Waals surface area contributed by atoms with Gasteiger partial charge in [-0.15, -0.1) is 0 Å². The van der Waals surface area contributed by atoms with Crippen LogP contribution < -0.4 is 10.6 Å². The zero-order chi connectivity index (χ0) is 13.7. The van der Waals surface area contributed by atoms with Crippen molar-refractivity contribution in [3.63, 3.8) is 0 Å². The molecule has 1 heterocycles. The average Bonchev–Trinajstić information content (AvgIpc) is 2.90. The maximum absolute atomic E-state index is 11.6. The van der Waals surface area contributed by atoms with Crippen LogP contribution in [0.3, 0.4) is 0 Å². The lowest BCUT2D eigenvalue weighted by molar-refractivity contribution is -0.384. The molecule has 2 rings (SSSR count). The van der Waals surface area contributed by atoms with Gasteiger partial charge in [0.25, 0.3) is 5.69 Å². The van der Waals surface area contributed by atoms with Gasteiger partial charge in [-0.25, -0.2) is 4.79 Å². The molecule has 0 unspecified atom stereocenters. The number of amides is 2. The molecule has 1 aliphatic heterocycles. The van der Waals surface area contributed by atoms with Crippen LogP contribution in [0.25, 0.3) is 0 Å². The predicted octanol–water partition coefficient (Wildman–Crippen LogP) is 1.90. The molecule has 1 fully saturated rings. The van der Waals surface area contributed by atoms with Crippen LogP contribution in [0.2, 0.25) is 0 Å². The van der Waals surface area contributed by atoms with Gasteiger partial charge < -0.3 is 15.4 Å². The minimum Gasteiger partial charge on any atom is -0.376 e. The number of nitrogens with one attached hydrogen (secondary N) is 2. The van der Waals surface area contributed by atoms with E-state index in [2.05, 4.69) is 10.6 Å². The first-order valence-corrected chi connectivity index (χ1v) is 6.06. The second kappa shape index (κ2) is 6.14. The van der Waals surface area contributed by atoms with Crippen molar-refractivity contribution in [3.05, 3.63) is 34.4 Å². The quantitative estimate of drug-likeness (QED) is 0.642. The number of ether oxygens (including phenoxy) is 1. The maximum atomic E-state index is 11.6. The number of urea groups is 1. The van der Waals surface area contributed by atoms with E-state index in [4.69, 9.17) is 4.74 Å². The summed E-state index contributed by atoms with van der Waals surface area (Å²) in [6.07, 6.45) is 2.07. The van der Waals surface area contributed by atoms with Crippen LogP contribution in [0.5, 0.6) is 0 Å². The Bertz CT molecular complexity index is 455.